The lowest BCUT2D eigenvalue weighted by molar-refractivity contribution is -0.152. The Morgan fingerprint density at radius 3 is 2.77 bits per heavy atom. The lowest BCUT2D eigenvalue weighted by Crippen LogP contribution is -2.58. The first kappa shape index (κ1) is 20.0. The van der Waals surface area contributed by atoms with E-state index in [4.69, 9.17) is 4.74 Å². The molecule has 3 rings (SSSR count). The van der Waals surface area contributed by atoms with E-state index in [-0.39, 0.29) is 36.5 Å². The predicted molar refractivity (Wildman–Crippen MR) is 92.1 cm³/mol. The fourth-order valence-electron chi connectivity index (χ4n) is 3.79. The summed E-state index contributed by atoms with van der Waals surface area (Å²) in [5, 5.41) is 3.37. The standard InChI is InChI=1S/C15H27N3O2.2ClH/c1-17-8-4-2-3-5-13(17)14(19)18-9-10-20-15(12-18)6-7-16-11-15;;/h13,16H,2-12H2,1H3;2*1H. The number of rotatable bonds is 1. The molecule has 3 aliphatic heterocycles. The third-order valence-electron chi connectivity index (χ3n) is 5.07. The molecular weight excluding hydrogens is 325 g/mol. The molecule has 2 unspecified atom stereocenters. The molecule has 0 saturated carbocycles. The van der Waals surface area contributed by atoms with Crippen LogP contribution in [-0.4, -0.2) is 73.7 Å². The van der Waals surface area contributed by atoms with Gasteiger partial charge in [-0.2, -0.15) is 0 Å². The average molecular weight is 354 g/mol. The topological polar surface area (TPSA) is 44.8 Å². The number of carbonyl (C=O) groups is 1. The molecule has 0 radical (unpaired) electrons. The van der Waals surface area contributed by atoms with Gasteiger partial charge in [-0.3, -0.25) is 9.69 Å². The summed E-state index contributed by atoms with van der Waals surface area (Å²) in [4.78, 5) is 17.2. The van der Waals surface area contributed by atoms with Crippen LogP contribution in [0.1, 0.15) is 32.1 Å². The van der Waals surface area contributed by atoms with Crippen molar-refractivity contribution in [2.75, 3.05) is 46.4 Å². The van der Waals surface area contributed by atoms with Gasteiger partial charge in [0.2, 0.25) is 5.91 Å². The Morgan fingerprint density at radius 2 is 2.05 bits per heavy atom. The summed E-state index contributed by atoms with van der Waals surface area (Å²) < 4.78 is 5.98. The van der Waals surface area contributed by atoms with E-state index in [1.807, 2.05) is 0 Å². The molecule has 2 atom stereocenters. The summed E-state index contributed by atoms with van der Waals surface area (Å²) >= 11 is 0. The number of carbonyl (C=O) groups excluding carboxylic acids is 1. The number of hydrogen-bond donors (Lipinski definition) is 1. The molecule has 1 spiro atoms. The van der Waals surface area contributed by atoms with Gasteiger partial charge in [0.05, 0.1) is 24.8 Å². The van der Waals surface area contributed by atoms with Crippen molar-refractivity contribution in [1.82, 2.24) is 15.1 Å². The molecule has 0 aromatic heterocycles. The number of nitrogens with one attached hydrogen (secondary N) is 1. The normalized spacial score (nSPS) is 33.0. The van der Waals surface area contributed by atoms with Crippen molar-refractivity contribution in [2.45, 2.75) is 43.7 Å². The van der Waals surface area contributed by atoms with Crippen LogP contribution in [0.5, 0.6) is 0 Å². The summed E-state index contributed by atoms with van der Waals surface area (Å²) in [6.07, 6.45) is 5.69. The minimum atomic E-state index is -0.114. The van der Waals surface area contributed by atoms with Crippen molar-refractivity contribution in [1.29, 1.82) is 0 Å². The van der Waals surface area contributed by atoms with Gasteiger partial charge >= 0.3 is 0 Å². The summed E-state index contributed by atoms with van der Waals surface area (Å²) in [6.45, 7) is 5.15. The van der Waals surface area contributed by atoms with Gasteiger partial charge < -0.3 is 15.0 Å². The zero-order chi connectivity index (χ0) is 14.0. The molecule has 7 heteroatoms. The average Bonchev–Trinajstić information content (AvgIpc) is 2.78. The Balaban J connectivity index is 0.00000121. The van der Waals surface area contributed by atoms with Crippen LogP contribution < -0.4 is 5.32 Å². The van der Waals surface area contributed by atoms with Gasteiger partial charge in [0.1, 0.15) is 0 Å². The highest BCUT2D eigenvalue weighted by atomic mass is 35.5. The fourth-order valence-corrected chi connectivity index (χ4v) is 3.79. The number of likely N-dealkylation sites (N-methyl/N-ethyl adjacent to an activating group) is 1. The van der Waals surface area contributed by atoms with Crippen molar-refractivity contribution >= 4 is 30.7 Å². The molecule has 1 N–H and O–H groups in total. The van der Waals surface area contributed by atoms with Crippen molar-refractivity contribution in [3.05, 3.63) is 0 Å². The van der Waals surface area contributed by atoms with Gasteiger partial charge in [-0.15, -0.1) is 24.8 Å². The number of halogens is 2. The Hall–Kier alpha value is -0.0700. The van der Waals surface area contributed by atoms with E-state index in [1.165, 1.54) is 19.3 Å². The van der Waals surface area contributed by atoms with E-state index in [1.54, 1.807) is 0 Å². The Bertz CT molecular complexity index is 365. The third-order valence-corrected chi connectivity index (χ3v) is 5.07. The lowest BCUT2D eigenvalue weighted by atomic mass is 9.99. The largest absolute Gasteiger partial charge is 0.370 e. The molecule has 3 aliphatic rings. The molecule has 0 bridgehead atoms. The van der Waals surface area contributed by atoms with Crippen LogP contribution >= 0.6 is 24.8 Å². The van der Waals surface area contributed by atoms with Gasteiger partial charge in [0, 0.05) is 13.1 Å². The maximum absolute atomic E-state index is 12.9. The molecule has 5 nitrogen and oxygen atoms in total. The monoisotopic (exact) mass is 353 g/mol. The second-order valence-electron chi connectivity index (χ2n) is 6.56. The molecule has 3 fully saturated rings. The molecule has 0 aromatic carbocycles. The summed E-state index contributed by atoms with van der Waals surface area (Å²) in [5.41, 5.74) is -0.114. The summed E-state index contributed by atoms with van der Waals surface area (Å²) in [7, 11) is 2.10. The smallest absolute Gasteiger partial charge is 0.240 e. The Labute approximate surface area is 145 Å². The molecule has 1 amide bonds. The number of amides is 1. The zero-order valence-electron chi connectivity index (χ0n) is 13.4. The minimum Gasteiger partial charge on any atom is -0.370 e. The van der Waals surface area contributed by atoms with Crippen LogP contribution in [0.25, 0.3) is 0 Å². The number of nitrogens with zero attached hydrogens (tertiary/aromatic N) is 2. The maximum Gasteiger partial charge on any atom is 0.240 e. The number of likely N-dealkylation sites (tertiary alicyclic amines) is 1. The quantitative estimate of drug-likeness (QED) is 0.771. The van der Waals surface area contributed by atoms with Crippen molar-refractivity contribution in [3.8, 4) is 0 Å². The summed E-state index contributed by atoms with van der Waals surface area (Å²) in [6, 6.07) is 0.0852. The molecule has 0 aliphatic carbocycles. The number of ether oxygens (including phenoxy) is 1. The first-order valence-corrected chi connectivity index (χ1v) is 8.04. The fraction of sp³-hybridized carbons (Fsp3) is 0.933. The maximum atomic E-state index is 12.9. The van der Waals surface area contributed by atoms with E-state index >= 15 is 0 Å². The predicted octanol–water partition coefficient (Wildman–Crippen LogP) is 1.30. The number of hydrogen-bond acceptors (Lipinski definition) is 4. The molecular formula is C15H29Cl2N3O2. The van der Waals surface area contributed by atoms with Gasteiger partial charge in [-0.25, -0.2) is 0 Å². The SMILES string of the molecule is CN1CCCCCC1C(=O)N1CCOC2(CCNC2)C1.Cl.Cl. The first-order valence-electron chi connectivity index (χ1n) is 8.04. The van der Waals surface area contributed by atoms with E-state index in [2.05, 4.69) is 22.2 Å². The highest BCUT2D eigenvalue weighted by Gasteiger charge is 2.42. The third kappa shape index (κ3) is 4.26. The van der Waals surface area contributed by atoms with Crippen LogP contribution in [0.15, 0.2) is 0 Å². The second-order valence-corrected chi connectivity index (χ2v) is 6.56. The van der Waals surface area contributed by atoms with E-state index < -0.39 is 0 Å². The second kappa shape index (κ2) is 8.69. The minimum absolute atomic E-state index is 0. The molecule has 22 heavy (non-hydrogen) atoms. The van der Waals surface area contributed by atoms with Crippen molar-refractivity contribution < 1.29 is 9.53 Å². The molecule has 3 heterocycles. The van der Waals surface area contributed by atoms with Gasteiger partial charge in [-0.05, 0) is 39.4 Å². The van der Waals surface area contributed by atoms with E-state index in [0.29, 0.717) is 12.5 Å². The molecule has 3 saturated heterocycles. The number of morpholine rings is 1. The Kier molecular flexibility index (Phi) is 7.89. The lowest BCUT2D eigenvalue weighted by Gasteiger charge is -2.42. The van der Waals surface area contributed by atoms with E-state index in [0.717, 1.165) is 45.6 Å². The van der Waals surface area contributed by atoms with Crippen LogP contribution in [-0.2, 0) is 9.53 Å². The van der Waals surface area contributed by atoms with Crippen LogP contribution in [0, 0.1) is 0 Å². The van der Waals surface area contributed by atoms with Crippen LogP contribution in [0.2, 0.25) is 0 Å². The molecule has 0 aromatic rings. The van der Waals surface area contributed by atoms with Crippen molar-refractivity contribution in [3.63, 3.8) is 0 Å². The van der Waals surface area contributed by atoms with Gasteiger partial charge in [0.15, 0.2) is 0 Å². The first-order chi connectivity index (χ1) is 9.70. The summed E-state index contributed by atoms with van der Waals surface area (Å²) in [5.74, 6) is 0.323. The van der Waals surface area contributed by atoms with Crippen molar-refractivity contribution in [2.24, 2.45) is 0 Å². The van der Waals surface area contributed by atoms with E-state index in [9.17, 15) is 4.79 Å². The van der Waals surface area contributed by atoms with Crippen LogP contribution in [0.4, 0.5) is 0 Å². The van der Waals surface area contributed by atoms with Crippen LogP contribution in [0.3, 0.4) is 0 Å². The van der Waals surface area contributed by atoms with Gasteiger partial charge in [-0.1, -0.05) is 12.8 Å². The van der Waals surface area contributed by atoms with Gasteiger partial charge in [0.25, 0.3) is 0 Å². The molecule has 130 valence electrons. The highest BCUT2D eigenvalue weighted by molar-refractivity contribution is 5.85. The zero-order valence-corrected chi connectivity index (χ0v) is 15.0. The Morgan fingerprint density at radius 1 is 1.23 bits per heavy atom. The highest BCUT2D eigenvalue weighted by Crippen LogP contribution is 2.26.